The van der Waals surface area contributed by atoms with E-state index in [0.29, 0.717) is 5.69 Å². The highest BCUT2D eigenvalue weighted by atomic mass is 28.3. The number of pyridine rings is 4. The lowest BCUT2D eigenvalue weighted by Crippen LogP contribution is -2.77. The zero-order valence-corrected chi connectivity index (χ0v) is 62.9. The van der Waals surface area contributed by atoms with E-state index in [-0.39, 0.29) is 0 Å². The zero-order valence-electron chi connectivity index (χ0n) is 59.9. The summed E-state index contributed by atoms with van der Waals surface area (Å²) in [6.45, 7) is 0. The first-order chi connectivity index (χ1) is 55.1. The van der Waals surface area contributed by atoms with Gasteiger partial charge < -0.3 is 0 Å². The Balaban J connectivity index is 0.000000128. The normalized spacial score (nSPS) is 11.7. The maximum Gasteiger partial charge on any atom is 0.249 e. The average molecular weight is 1480 g/mol. The topological polar surface area (TPSA) is 206 Å². The summed E-state index contributed by atoms with van der Waals surface area (Å²) in [5.74, 6) is 0. The molecule has 0 aliphatic rings. The molecule has 0 aliphatic heterocycles. The van der Waals surface area contributed by atoms with Crippen molar-refractivity contribution in [1.29, 1.82) is 0 Å². The summed E-state index contributed by atoms with van der Waals surface area (Å²) in [6.07, 6.45) is 32.8. The first-order valence-electron chi connectivity index (χ1n) is 36.1. The third kappa shape index (κ3) is 14.8. The van der Waals surface area contributed by atoms with Crippen LogP contribution in [0.25, 0.3) is 67.8 Å². The lowest BCUT2D eigenvalue weighted by molar-refractivity contribution is 1.18. The van der Waals surface area contributed by atoms with Crippen molar-refractivity contribution in [1.82, 2.24) is 79.7 Å². The smallest absolute Gasteiger partial charge is 0.249 e. The maximum atomic E-state index is 5.06. The van der Waals surface area contributed by atoms with Crippen molar-refractivity contribution in [3.05, 3.63) is 415 Å². The van der Waals surface area contributed by atoms with Gasteiger partial charge in [-0.3, -0.25) is 79.7 Å². The third-order valence-corrected chi connectivity index (χ3v) is 32.7. The molecule has 0 N–H and O–H groups in total. The zero-order chi connectivity index (χ0) is 74.8. The molecule has 111 heavy (non-hydrogen) atoms. The van der Waals surface area contributed by atoms with E-state index in [4.69, 9.17) is 59.8 Å². The first kappa shape index (κ1) is 70.8. The predicted molar refractivity (Wildman–Crippen MR) is 448 cm³/mol. The van der Waals surface area contributed by atoms with Crippen LogP contribution < -0.4 is 63.0 Å². The molecule has 19 heteroatoms. The lowest BCUT2D eigenvalue weighted by atomic mass is 10.2. The fourth-order valence-electron chi connectivity index (χ4n) is 14.1. The van der Waals surface area contributed by atoms with E-state index >= 15 is 0 Å². The molecular formula is C92H68N16Si3. The predicted octanol–water partition coefficient (Wildman–Crippen LogP) is 9.51. The fraction of sp³-hybridized carbons (Fsp3) is 0. The van der Waals surface area contributed by atoms with Crippen LogP contribution in [0.4, 0.5) is 0 Å². The van der Waals surface area contributed by atoms with Crippen molar-refractivity contribution >= 4 is 87.2 Å². The van der Waals surface area contributed by atoms with Gasteiger partial charge in [-0.05, 0) is 79.7 Å². The van der Waals surface area contributed by atoms with Crippen LogP contribution in [0.3, 0.4) is 0 Å². The van der Waals surface area contributed by atoms with Crippen molar-refractivity contribution in [3.8, 4) is 67.8 Å². The standard InChI is InChI=1S/C34H24N8Si.C30H22N6Si.C28H22N2Si/c1-3-10-25(11-4-1)29-19-40-32(22-37-29)43(27-13-5-2-6-14-27,33-23-38-30(20-41-33)26-12-9-16-35-18-26)34-24-39-31(21-42-34)28-15-7-8-17-36-28;1-3-11-24(12-4-1)37(25-13-5-2-6-14-25,29-21-33-27(19-35-29)23-10-9-16-31-18-23)30-22-34-28(20-36-30)26-15-7-8-17-32-26;1-5-13-23(14-6-1)27-21-30-28(22-29-27)31(24-15-7-2-8-16-24,25-17-9-3-10-18-25)26-19-11-4-12-20-26/h1-24H;1-22H;1-22H. The van der Waals surface area contributed by atoms with E-state index in [2.05, 4.69) is 184 Å². The lowest BCUT2D eigenvalue weighted by Gasteiger charge is -2.32. The second-order valence-electron chi connectivity index (χ2n) is 25.8. The molecule has 8 aromatic carbocycles. The molecule has 0 bridgehead atoms. The SMILES string of the molecule is c1ccc(-c2cnc([Si](c3ccccc3)(c3ccccc3)c3ccccc3)cn2)cc1.c1ccc(-c2cnc([Si](c3ccccc3)(c3cnc(-c4cccnc4)cn3)c3cnc(-c4ccccn4)cn3)cn2)cc1.c1ccc([Si](c2ccccc2)(c2cnc(-c3cccnc3)cn2)c2cnc(-c3ccccn3)cn2)cc1. The van der Waals surface area contributed by atoms with E-state index in [9.17, 15) is 0 Å². The van der Waals surface area contributed by atoms with Gasteiger partial charge in [-0.1, -0.05) is 255 Å². The van der Waals surface area contributed by atoms with Crippen molar-refractivity contribution in [2.24, 2.45) is 0 Å². The van der Waals surface area contributed by atoms with E-state index < -0.39 is 24.2 Å². The molecule has 0 saturated heterocycles. The molecule has 528 valence electrons. The molecule has 0 amide bonds. The largest absolute Gasteiger partial charge is 0.264 e. The summed E-state index contributed by atoms with van der Waals surface area (Å²) < 4.78 is 0. The second-order valence-corrected chi connectivity index (χ2v) is 36.9. The highest BCUT2D eigenvalue weighted by Gasteiger charge is 2.49. The van der Waals surface area contributed by atoms with Crippen molar-refractivity contribution in [2.75, 3.05) is 0 Å². The molecular weight excluding hydrogens is 1410 g/mol. The van der Waals surface area contributed by atoms with E-state index in [0.717, 1.165) is 110 Å². The molecule has 10 aromatic heterocycles. The first-order valence-corrected chi connectivity index (χ1v) is 42.1. The van der Waals surface area contributed by atoms with E-state index in [1.807, 2.05) is 201 Å². The number of hydrogen-bond donors (Lipinski definition) is 0. The Morgan fingerprint density at radius 2 is 0.369 bits per heavy atom. The number of nitrogens with zero attached hydrogens (tertiary/aromatic N) is 16. The minimum absolute atomic E-state index is 0.684. The van der Waals surface area contributed by atoms with Crippen LogP contribution >= 0.6 is 0 Å². The molecule has 0 radical (unpaired) electrons. The Bertz CT molecular complexity index is 5500. The summed E-state index contributed by atoms with van der Waals surface area (Å²) in [4.78, 5) is 76.6. The van der Waals surface area contributed by atoms with Gasteiger partial charge in [0.1, 0.15) is 11.4 Å². The monoisotopic (exact) mass is 1480 g/mol. The highest BCUT2D eigenvalue weighted by Crippen LogP contribution is 2.21. The summed E-state index contributed by atoms with van der Waals surface area (Å²) in [5, 5.41) is 12.4. The van der Waals surface area contributed by atoms with Gasteiger partial charge in [0.05, 0.1) is 103 Å². The molecule has 1 atom stereocenters. The van der Waals surface area contributed by atoms with Gasteiger partial charge in [0.25, 0.3) is 0 Å². The van der Waals surface area contributed by atoms with Gasteiger partial charge >= 0.3 is 0 Å². The van der Waals surface area contributed by atoms with Gasteiger partial charge in [-0.25, -0.2) is 0 Å². The van der Waals surface area contributed by atoms with Crippen LogP contribution in [0.15, 0.2) is 415 Å². The maximum absolute atomic E-state index is 5.06. The Labute approximate surface area is 645 Å². The fourth-order valence-corrected chi connectivity index (χ4v) is 26.7. The van der Waals surface area contributed by atoms with E-state index in [1.165, 1.54) is 15.6 Å². The second kappa shape index (κ2) is 33.5. The summed E-state index contributed by atoms with van der Waals surface area (Å²) >= 11 is 0. The Morgan fingerprint density at radius 3 is 0.631 bits per heavy atom. The number of rotatable bonds is 18. The Kier molecular flexibility index (Phi) is 21.4. The van der Waals surface area contributed by atoms with Gasteiger partial charge in [-0.15, -0.1) is 0 Å². The van der Waals surface area contributed by atoms with Crippen LogP contribution in [0.5, 0.6) is 0 Å². The van der Waals surface area contributed by atoms with E-state index in [1.54, 1.807) is 49.6 Å². The van der Waals surface area contributed by atoms with Gasteiger partial charge in [0.2, 0.25) is 24.2 Å². The molecule has 0 aliphatic carbocycles. The molecule has 0 fully saturated rings. The highest BCUT2D eigenvalue weighted by molar-refractivity contribution is 7.20. The molecule has 18 rings (SSSR count). The van der Waals surface area contributed by atoms with Gasteiger partial charge in [0.15, 0.2) is 0 Å². The molecule has 18 aromatic rings. The summed E-state index contributed by atoms with van der Waals surface area (Å²) in [6, 6.07) is 103. The van der Waals surface area contributed by atoms with Crippen molar-refractivity contribution in [2.45, 2.75) is 0 Å². The summed E-state index contributed by atoms with van der Waals surface area (Å²) in [7, 11) is -8.76. The van der Waals surface area contributed by atoms with Crippen LogP contribution in [0.2, 0.25) is 0 Å². The minimum Gasteiger partial charge on any atom is -0.264 e. The molecule has 10 heterocycles. The van der Waals surface area contributed by atoms with Crippen LogP contribution in [-0.4, -0.2) is 104 Å². The third-order valence-electron chi connectivity index (χ3n) is 19.4. The van der Waals surface area contributed by atoms with Crippen LogP contribution in [-0.2, 0) is 0 Å². The quantitative estimate of drug-likeness (QED) is 0.0579. The number of hydrogen-bond acceptors (Lipinski definition) is 16. The van der Waals surface area contributed by atoms with Gasteiger partial charge in [0, 0.05) is 96.6 Å². The molecule has 1 unspecified atom stereocenters. The van der Waals surface area contributed by atoms with Crippen LogP contribution in [0, 0.1) is 0 Å². The molecule has 16 nitrogen and oxygen atoms in total. The Hall–Kier alpha value is -14.5. The Morgan fingerprint density at radius 1 is 0.135 bits per heavy atom. The minimum atomic E-state index is -3.23. The molecule has 0 saturated carbocycles. The number of aromatic nitrogens is 16. The number of benzene rings is 8. The van der Waals surface area contributed by atoms with Crippen molar-refractivity contribution < 1.29 is 0 Å². The van der Waals surface area contributed by atoms with Crippen LogP contribution in [0.1, 0.15) is 0 Å². The molecule has 0 spiro atoms. The van der Waals surface area contributed by atoms with Crippen molar-refractivity contribution in [3.63, 3.8) is 0 Å². The van der Waals surface area contributed by atoms with Gasteiger partial charge in [-0.2, -0.15) is 0 Å². The average Bonchev–Trinajstić information content (AvgIpc) is 0.745. The summed E-state index contributed by atoms with van der Waals surface area (Å²) in [5.41, 5.74) is 10.0.